The molecule has 1 fully saturated rings. The van der Waals surface area contributed by atoms with E-state index in [1.54, 1.807) is 0 Å². The third kappa shape index (κ3) is 4.98. The molecule has 2 heteroatoms. The zero-order valence-electron chi connectivity index (χ0n) is 17.3. The Labute approximate surface area is 152 Å². The molecule has 0 aromatic rings. The van der Waals surface area contributed by atoms with Crippen molar-refractivity contribution in [1.29, 1.82) is 0 Å². The van der Waals surface area contributed by atoms with Crippen molar-refractivity contribution in [1.82, 2.24) is 0 Å². The topological polar surface area (TPSA) is 17.1 Å². The van der Waals surface area contributed by atoms with Gasteiger partial charge in [-0.15, -0.1) is 11.5 Å². The van der Waals surface area contributed by atoms with Gasteiger partial charge in [0.2, 0.25) is 0 Å². The van der Waals surface area contributed by atoms with E-state index in [0.717, 1.165) is 38.5 Å². The summed E-state index contributed by atoms with van der Waals surface area (Å²) in [5.41, 5.74) is 5.84. The molecule has 0 spiro atoms. The van der Waals surface area contributed by atoms with Gasteiger partial charge < -0.3 is 0 Å². The molecule has 1 atom stereocenters. The van der Waals surface area contributed by atoms with E-state index >= 15 is 0 Å². The zero-order chi connectivity index (χ0) is 18.4. The maximum Gasteiger partial charge on any atom is 0.145 e. The summed E-state index contributed by atoms with van der Waals surface area (Å²) in [6, 6.07) is 0. The van der Waals surface area contributed by atoms with Gasteiger partial charge in [0.25, 0.3) is 0 Å². The first-order valence-electron chi connectivity index (χ1n) is 10.2. The van der Waals surface area contributed by atoms with Crippen molar-refractivity contribution in [2.45, 2.75) is 116 Å². The fourth-order valence-electron chi connectivity index (χ4n) is 4.90. The minimum Gasteiger partial charge on any atom is -0.299 e. The number of hydrogen-bond acceptors (Lipinski definition) is 1. The van der Waals surface area contributed by atoms with Crippen LogP contribution in [0.15, 0.2) is 0 Å². The number of carbonyl (C=O) groups is 1. The Morgan fingerprint density at radius 3 is 2.12 bits per heavy atom. The van der Waals surface area contributed by atoms with Gasteiger partial charge in [-0.1, -0.05) is 61.3 Å². The van der Waals surface area contributed by atoms with Crippen molar-refractivity contribution in [3.8, 4) is 11.5 Å². The summed E-state index contributed by atoms with van der Waals surface area (Å²) in [4.78, 5) is 12.4. The molecule has 1 saturated carbocycles. The Bertz CT molecular complexity index is 444. The van der Waals surface area contributed by atoms with E-state index in [1.165, 1.54) is 12.8 Å². The highest BCUT2D eigenvalue weighted by atomic mass is 28.3. The van der Waals surface area contributed by atoms with Gasteiger partial charge in [0.15, 0.2) is 0 Å². The lowest BCUT2D eigenvalue weighted by Gasteiger charge is -2.38. The second kappa shape index (κ2) is 9.23. The normalized spacial score (nSPS) is 22.7. The molecule has 1 rings (SSSR count). The average molecular weight is 349 g/mol. The first kappa shape index (κ1) is 21.5. The fourth-order valence-corrected chi connectivity index (χ4v) is 10.2. The van der Waals surface area contributed by atoms with Crippen LogP contribution < -0.4 is 0 Å². The van der Waals surface area contributed by atoms with E-state index in [-0.39, 0.29) is 5.41 Å². The third-order valence-electron chi connectivity index (χ3n) is 6.51. The van der Waals surface area contributed by atoms with Crippen molar-refractivity contribution < 1.29 is 4.79 Å². The lowest BCUT2D eigenvalue weighted by molar-refractivity contribution is -0.128. The molecule has 0 N–H and O–H groups in total. The van der Waals surface area contributed by atoms with Crippen molar-refractivity contribution in [2.75, 3.05) is 0 Å². The molecule has 24 heavy (non-hydrogen) atoms. The van der Waals surface area contributed by atoms with Gasteiger partial charge >= 0.3 is 0 Å². The summed E-state index contributed by atoms with van der Waals surface area (Å²) in [6.07, 6.45) is 8.50. The van der Waals surface area contributed by atoms with E-state index in [2.05, 4.69) is 59.9 Å². The molecule has 138 valence electrons. The van der Waals surface area contributed by atoms with Crippen LogP contribution >= 0.6 is 0 Å². The van der Waals surface area contributed by atoms with E-state index in [4.69, 9.17) is 0 Å². The van der Waals surface area contributed by atoms with E-state index in [9.17, 15) is 4.79 Å². The van der Waals surface area contributed by atoms with Crippen molar-refractivity contribution in [3.05, 3.63) is 0 Å². The minimum atomic E-state index is -1.59. The molecule has 0 aromatic heterocycles. The number of unbranched alkanes of at least 4 members (excludes halogenated alkanes) is 1. The summed E-state index contributed by atoms with van der Waals surface area (Å²) in [7, 11) is -1.59. The van der Waals surface area contributed by atoms with Crippen LogP contribution in [-0.4, -0.2) is 13.9 Å². The van der Waals surface area contributed by atoms with E-state index < -0.39 is 8.07 Å². The van der Waals surface area contributed by atoms with Crippen LogP contribution in [0.2, 0.25) is 16.6 Å². The third-order valence-corrected chi connectivity index (χ3v) is 12.8. The van der Waals surface area contributed by atoms with Crippen molar-refractivity contribution in [3.63, 3.8) is 0 Å². The van der Waals surface area contributed by atoms with Crippen LogP contribution in [0.3, 0.4) is 0 Å². The molecule has 1 nitrogen and oxygen atoms in total. The van der Waals surface area contributed by atoms with Crippen LogP contribution in [0.4, 0.5) is 0 Å². The molecule has 0 bridgehead atoms. The molecule has 1 aliphatic rings. The van der Waals surface area contributed by atoms with Crippen LogP contribution in [0.25, 0.3) is 0 Å². The Kier molecular flexibility index (Phi) is 8.26. The summed E-state index contributed by atoms with van der Waals surface area (Å²) in [5.74, 6) is 4.06. The summed E-state index contributed by atoms with van der Waals surface area (Å²) < 4.78 is 0. The predicted octanol–water partition coefficient (Wildman–Crippen LogP) is 6.92. The Morgan fingerprint density at radius 2 is 1.58 bits per heavy atom. The van der Waals surface area contributed by atoms with Crippen LogP contribution in [0.5, 0.6) is 0 Å². The molecule has 0 radical (unpaired) electrons. The maximum atomic E-state index is 12.4. The first-order valence-corrected chi connectivity index (χ1v) is 12.4. The summed E-state index contributed by atoms with van der Waals surface area (Å²) >= 11 is 0. The molecule has 0 aromatic carbocycles. The van der Waals surface area contributed by atoms with Crippen molar-refractivity contribution in [2.24, 2.45) is 5.41 Å². The molecule has 1 unspecified atom stereocenters. The Hall–Kier alpha value is -0.553. The van der Waals surface area contributed by atoms with Gasteiger partial charge in [0, 0.05) is 18.3 Å². The van der Waals surface area contributed by atoms with E-state index in [0.29, 0.717) is 22.4 Å². The second-order valence-corrected chi connectivity index (χ2v) is 14.7. The molecular weight excluding hydrogens is 308 g/mol. The fraction of sp³-hybridized carbons (Fsp3) is 0.864. The van der Waals surface area contributed by atoms with Crippen LogP contribution in [0.1, 0.15) is 99.8 Å². The van der Waals surface area contributed by atoms with Crippen LogP contribution in [-0.2, 0) is 4.79 Å². The Balaban J connectivity index is 2.69. The number of ketones is 1. The largest absolute Gasteiger partial charge is 0.299 e. The van der Waals surface area contributed by atoms with Crippen LogP contribution in [0, 0.1) is 16.9 Å². The average Bonchev–Trinajstić information content (AvgIpc) is 2.64. The molecule has 0 heterocycles. The SMILES string of the molecule is CC(C)[Si](C#CCCCC1(C)CCCCCC1=O)(C(C)C)C(C)C. The maximum absolute atomic E-state index is 12.4. The lowest BCUT2D eigenvalue weighted by atomic mass is 9.77. The monoisotopic (exact) mass is 348 g/mol. The predicted molar refractivity (Wildman–Crippen MR) is 109 cm³/mol. The number of rotatable bonds is 6. The number of hydrogen-bond donors (Lipinski definition) is 0. The smallest absolute Gasteiger partial charge is 0.145 e. The molecule has 1 aliphatic carbocycles. The highest BCUT2D eigenvalue weighted by Gasteiger charge is 2.41. The van der Waals surface area contributed by atoms with Gasteiger partial charge in [-0.2, -0.15) is 0 Å². The highest BCUT2D eigenvalue weighted by Crippen LogP contribution is 2.41. The second-order valence-electron chi connectivity index (χ2n) is 9.10. The van der Waals surface area contributed by atoms with Gasteiger partial charge in [-0.25, -0.2) is 0 Å². The van der Waals surface area contributed by atoms with Gasteiger partial charge in [0.1, 0.15) is 13.9 Å². The molecule has 0 amide bonds. The minimum absolute atomic E-state index is 0.0686. The Morgan fingerprint density at radius 1 is 1.00 bits per heavy atom. The quantitative estimate of drug-likeness (QED) is 0.220. The van der Waals surface area contributed by atoms with Gasteiger partial charge in [-0.05, 0) is 42.3 Å². The lowest BCUT2D eigenvalue weighted by Crippen LogP contribution is -2.43. The van der Waals surface area contributed by atoms with E-state index in [1.807, 2.05) is 0 Å². The molecule has 0 saturated heterocycles. The van der Waals surface area contributed by atoms with Gasteiger partial charge in [-0.3, -0.25) is 4.79 Å². The molecular formula is C22H40OSi. The highest BCUT2D eigenvalue weighted by molar-refractivity contribution is 6.90. The molecule has 0 aliphatic heterocycles. The summed E-state index contributed by atoms with van der Waals surface area (Å²) in [6.45, 7) is 16.4. The van der Waals surface area contributed by atoms with Crippen molar-refractivity contribution >= 4 is 13.9 Å². The number of Topliss-reactive ketones (excluding diaryl/α,β-unsaturated/α-hetero) is 1. The number of carbonyl (C=O) groups excluding carboxylic acids is 1. The zero-order valence-corrected chi connectivity index (χ0v) is 18.3. The first-order chi connectivity index (χ1) is 11.2. The summed E-state index contributed by atoms with van der Waals surface area (Å²) in [5, 5.41) is 0. The van der Waals surface area contributed by atoms with Gasteiger partial charge in [0.05, 0.1) is 0 Å². The standard InChI is InChI=1S/C22H40OSi/c1-18(2)24(19(3)4,20(5)6)17-13-9-12-16-22(7)15-11-8-10-14-21(22)23/h18-20H,8-12,14-16H2,1-7H3.